The van der Waals surface area contributed by atoms with Crippen LogP contribution in [0.25, 0.3) is 10.1 Å². The molecule has 0 aliphatic carbocycles. The molecule has 2 aromatic rings. The minimum atomic E-state index is -0.740. The summed E-state index contributed by atoms with van der Waals surface area (Å²) in [4.78, 5) is 10.7. The highest BCUT2D eigenvalue weighted by molar-refractivity contribution is 7.17. The van der Waals surface area contributed by atoms with Gasteiger partial charge in [-0.15, -0.1) is 11.3 Å². The Kier molecular flexibility index (Phi) is 2.73. The minimum absolute atomic E-state index is 0.0739. The Morgan fingerprint density at radius 2 is 2.27 bits per heavy atom. The van der Waals surface area contributed by atoms with E-state index >= 15 is 0 Å². The third-order valence-electron chi connectivity index (χ3n) is 2.52. The van der Waals surface area contributed by atoms with E-state index in [2.05, 4.69) is 12.1 Å². The van der Waals surface area contributed by atoms with Crippen molar-refractivity contribution in [2.24, 2.45) is 0 Å². The molecule has 2 rings (SSSR count). The van der Waals surface area contributed by atoms with Crippen molar-refractivity contribution in [1.82, 2.24) is 0 Å². The summed E-state index contributed by atoms with van der Waals surface area (Å²) in [6.45, 7) is 1.96. The lowest BCUT2D eigenvalue weighted by molar-refractivity contribution is -0.137. The second-order valence-corrected chi connectivity index (χ2v) is 4.60. The van der Waals surface area contributed by atoms with Gasteiger partial charge in [0.05, 0.1) is 6.42 Å². The highest BCUT2D eigenvalue weighted by atomic mass is 32.1. The van der Waals surface area contributed by atoms with Gasteiger partial charge in [-0.05, 0) is 28.3 Å². The fourth-order valence-corrected chi connectivity index (χ4v) is 2.80. The summed E-state index contributed by atoms with van der Waals surface area (Å²) in [7, 11) is 0. The second kappa shape index (κ2) is 4.03. The second-order valence-electron chi connectivity index (χ2n) is 3.69. The molecule has 1 N–H and O–H groups in total. The molecule has 3 heteroatoms. The van der Waals surface area contributed by atoms with Crippen LogP contribution in [0.2, 0.25) is 0 Å². The van der Waals surface area contributed by atoms with Crippen molar-refractivity contribution >= 4 is 27.4 Å². The summed E-state index contributed by atoms with van der Waals surface area (Å²) in [6.07, 6.45) is 0.191. The van der Waals surface area contributed by atoms with E-state index in [1.54, 1.807) is 11.3 Å². The van der Waals surface area contributed by atoms with Gasteiger partial charge in [0.25, 0.3) is 0 Å². The van der Waals surface area contributed by atoms with Crippen molar-refractivity contribution in [3.05, 3.63) is 35.2 Å². The van der Waals surface area contributed by atoms with Crippen LogP contribution in [0.4, 0.5) is 0 Å². The SMILES string of the molecule is CC(CC(=O)O)c1cccc2ccsc12. The topological polar surface area (TPSA) is 37.3 Å². The van der Waals surface area contributed by atoms with Gasteiger partial charge in [-0.1, -0.05) is 25.1 Å². The number of hydrogen-bond acceptors (Lipinski definition) is 2. The van der Waals surface area contributed by atoms with Gasteiger partial charge in [0, 0.05) is 4.70 Å². The molecule has 1 heterocycles. The summed E-state index contributed by atoms with van der Waals surface area (Å²) < 4.78 is 1.21. The fraction of sp³-hybridized carbons (Fsp3) is 0.250. The molecule has 78 valence electrons. The number of hydrogen-bond donors (Lipinski definition) is 1. The average Bonchev–Trinajstić information content (AvgIpc) is 2.63. The molecule has 1 atom stereocenters. The van der Waals surface area contributed by atoms with Crippen LogP contribution in [-0.2, 0) is 4.79 Å². The molecule has 0 aliphatic heterocycles. The van der Waals surface area contributed by atoms with E-state index in [1.807, 2.05) is 24.4 Å². The molecular weight excluding hydrogens is 208 g/mol. The Morgan fingerprint density at radius 1 is 1.47 bits per heavy atom. The van der Waals surface area contributed by atoms with Crippen LogP contribution in [0.1, 0.15) is 24.8 Å². The maximum atomic E-state index is 10.7. The Morgan fingerprint density at radius 3 is 3.00 bits per heavy atom. The maximum Gasteiger partial charge on any atom is 0.303 e. The number of thiophene rings is 1. The van der Waals surface area contributed by atoms with Gasteiger partial charge in [0.1, 0.15) is 0 Å². The molecule has 0 saturated carbocycles. The molecule has 0 radical (unpaired) electrons. The van der Waals surface area contributed by atoms with E-state index in [0.717, 1.165) is 5.56 Å². The first-order valence-electron chi connectivity index (χ1n) is 4.86. The van der Waals surface area contributed by atoms with Crippen molar-refractivity contribution in [3.63, 3.8) is 0 Å². The lowest BCUT2D eigenvalue weighted by atomic mass is 9.97. The summed E-state index contributed by atoms with van der Waals surface area (Å²) in [5, 5.41) is 12.0. The third-order valence-corrected chi connectivity index (χ3v) is 3.50. The van der Waals surface area contributed by atoms with Crippen molar-refractivity contribution in [2.75, 3.05) is 0 Å². The summed E-state index contributed by atoms with van der Waals surface area (Å²) in [5.41, 5.74) is 1.14. The molecule has 2 nitrogen and oxygen atoms in total. The van der Waals surface area contributed by atoms with Crippen molar-refractivity contribution in [3.8, 4) is 0 Å². The van der Waals surface area contributed by atoms with Gasteiger partial charge in [0.2, 0.25) is 0 Å². The molecule has 15 heavy (non-hydrogen) atoms. The van der Waals surface area contributed by atoms with Crippen LogP contribution < -0.4 is 0 Å². The lowest BCUT2D eigenvalue weighted by Gasteiger charge is -2.09. The smallest absolute Gasteiger partial charge is 0.303 e. The standard InChI is InChI=1S/C12H12O2S/c1-8(7-11(13)14)10-4-2-3-9-5-6-15-12(9)10/h2-6,8H,7H2,1H3,(H,13,14). The van der Waals surface area contributed by atoms with Gasteiger partial charge in [-0.2, -0.15) is 0 Å². The number of carboxylic acids is 1. The van der Waals surface area contributed by atoms with Gasteiger partial charge in [-0.3, -0.25) is 4.79 Å². The number of rotatable bonds is 3. The molecule has 0 fully saturated rings. The maximum absolute atomic E-state index is 10.7. The molecular formula is C12H12O2S. The zero-order chi connectivity index (χ0) is 10.8. The van der Waals surface area contributed by atoms with Crippen molar-refractivity contribution in [2.45, 2.75) is 19.3 Å². The van der Waals surface area contributed by atoms with E-state index in [0.29, 0.717) is 0 Å². The predicted molar refractivity (Wildman–Crippen MR) is 62.5 cm³/mol. The van der Waals surface area contributed by atoms with E-state index in [1.165, 1.54) is 10.1 Å². The minimum Gasteiger partial charge on any atom is -0.481 e. The molecule has 0 aliphatic rings. The number of fused-ring (bicyclic) bond motifs is 1. The zero-order valence-corrected chi connectivity index (χ0v) is 9.25. The van der Waals surface area contributed by atoms with Crippen LogP contribution in [0.5, 0.6) is 0 Å². The highest BCUT2D eigenvalue weighted by Gasteiger charge is 2.13. The van der Waals surface area contributed by atoms with Crippen molar-refractivity contribution in [1.29, 1.82) is 0 Å². The Hall–Kier alpha value is -1.35. The van der Waals surface area contributed by atoms with E-state index < -0.39 is 5.97 Å². The number of aliphatic carboxylic acids is 1. The monoisotopic (exact) mass is 220 g/mol. The molecule has 1 aromatic carbocycles. The Balaban J connectivity index is 2.42. The van der Waals surface area contributed by atoms with E-state index in [-0.39, 0.29) is 12.3 Å². The third kappa shape index (κ3) is 2.02. The van der Waals surface area contributed by atoms with Crippen molar-refractivity contribution < 1.29 is 9.90 Å². The van der Waals surface area contributed by atoms with Gasteiger partial charge in [0.15, 0.2) is 0 Å². The van der Waals surface area contributed by atoms with E-state index in [4.69, 9.17) is 5.11 Å². The number of carbonyl (C=O) groups is 1. The molecule has 0 spiro atoms. The summed E-state index contributed by atoms with van der Waals surface area (Å²) >= 11 is 1.68. The molecule has 1 unspecified atom stereocenters. The average molecular weight is 220 g/mol. The van der Waals surface area contributed by atoms with E-state index in [9.17, 15) is 4.79 Å². The number of benzene rings is 1. The molecule has 0 bridgehead atoms. The highest BCUT2D eigenvalue weighted by Crippen LogP contribution is 2.31. The van der Waals surface area contributed by atoms with Crippen LogP contribution in [0, 0.1) is 0 Å². The van der Waals surface area contributed by atoms with Gasteiger partial charge in [-0.25, -0.2) is 0 Å². The largest absolute Gasteiger partial charge is 0.481 e. The molecule has 0 amide bonds. The first-order valence-corrected chi connectivity index (χ1v) is 5.74. The van der Waals surface area contributed by atoms with Crippen LogP contribution >= 0.6 is 11.3 Å². The Labute approximate surface area is 92.2 Å². The first kappa shape index (κ1) is 10.2. The molecule has 1 aromatic heterocycles. The molecule has 0 saturated heterocycles. The lowest BCUT2D eigenvalue weighted by Crippen LogP contribution is -2.02. The summed E-state index contributed by atoms with van der Waals surface area (Å²) in [5.74, 6) is -0.666. The van der Waals surface area contributed by atoms with Crippen LogP contribution in [0.3, 0.4) is 0 Å². The first-order chi connectivity index (χ1) is 7.18. The van der Waals surface area contributed by atoms with Crippen LogP contribution in [-0.4, -0.2) is 11.1 Å². The van der Waals surface area contributed by atoms with Gasteiger partial charge >= 0.3 is 5.97 Å². The zero-order valence-electron chi connectivity index (χ0n) is 8.43. The Bertz CT molecular complexity index is 487. The quantitative estimate of drug-likeness (QED) is 0.859. The fourth-order valence-electron chi connectivity index (χ4n) is 1.78. The predicted octanol–water partition coefficient (Wildman–Crippen LogP) is 3.48. The summed E-state index contributed by atoms with van der Waals surface area (Å²) in [6, 6.07) is 8.13. The van der Waals surface area contributed by atoms with Gasteiger partial charge < -0.3 is 5.11 Å². The van der Waals surface area contributed by atoms with Crippen LogP contribution in [0.15, 0.2) is 29.6 Å². The number of carboxylic acid groups (broad SMARTS) is 1. The normalized spacial score (nSPS) is 12.9.